The van der Waals surface area contributed by atoms with Crippen LogP contribution < -0.4 is 5.32 Å². The van der Waals surface area contributed by atoms with Gasteiger partial charge in [0.05, 0.1) is 5.60 Å². The molecule has 0 heterocycles. The van der Waals surface area contributed by atoms with E-state index in [4.69, 9.17) is 23.2 Å². The van der Waals surface area contributed by atoms with Crippen LogP contribution in [0.2, 0.25) is 10.0 Å². The highest BCUT2D eigenvalue weighted by Gasteiger charge is 2.40. The monoisotopic (exact) mass is 259 g/mol. The van der Waals surface area contributed by atoms with Crippen LogP contribution in [0.5, 0.6) is 0 Å². The van der Waals surface area contributed by atoms with Crippen molar-refractivity contribution in [1.82, 2.24) is 5.32 Å². The Labute approximate surface area is 106 Å². The number of benzene rings is 1. The van der Waals surface area contributed by atoms with Crippen LogP contribution >= 0.6 is 23.2 Å². The van der Waals surface area contributed by atoms with E-state index in [9.17, 15) is 5.11 Å². The normalized spacial score (nSPS) is 28.9. The zero-order chi connectivity index (χ0) is 11.8. The van der Waals surface area contributed by atoms with Gasteiger partial charge >= 0.3 is 0 Å². The predicted molar refractivity (Wildman–Crippen MR) is 66.9 cm³/mol. The summed E-state index contributed by atoms with van der Waals surface area (Å²) in [5, 5.41) is 14.5. The Bertz CT molecular complexity index is 393. The lowest BCUT2D eigenvalue weighted by molar-refractivity contribution is -0.0523. The van der Waals surface area contributed by atoms with Crippen LogP contribution in [0.4, 0.5) is 0 Å². The molecule has 1 fully saturated rings. The van der Waals surface area contributed by atoms with E-state index in [1.54, 1.807) is 6.07 Å². The lowest BCUT2D eigenvalue weighted by atomic mass is 9.76. The van der Waals surface area contributed by atoms with Gasteiger partial charge in [-0.1, -0.05) is 29.3 Å². The first-order chi connectivity index (χ1) is 7.49. The second-order valence-corrected chi connectivity index (χ2v) is 5.41. The summed E-state index contributed by atoms with van der Waals surface area (Å²) in [6.45, 7) is 2.52. The molecule has 88 valence electrons. The molecule has 0 unspecified atom stereocenters. The maximum atomic E-state index is 9.85. The van der Waals surface area contributed by atoms with Crippen molar-refractivity contribution in [3.8, 4) is 0 Å². The molecule has 2 nitrogen and oxygen atoms in total. The molecular weight excluding hydrogens is 245 g/mol. The third-order valence-corrected chi connectivity index (χ3v) is 3.83. The van der Waals surface area contributed by atoms with Crippen molar-refractivity contribution in [2.45, 2.75) is 38.0 Å². The number of rotatable bonds is 3. The van der Waals surface area contributed by atoms with E-state index in [1.165, 1.54) is 0 Å². The molecule has 1 aromatic carbocycles. The number of hydrogen-bond donors (Lipinski definition) is 2. The molecule has 0 spiro atoms. The summed E-state index contributed by atoms with van der Waals surface area (Å²) < 4.78 is 0. The first-order valence-corrected chi connectivity index (χ1v) is 6.14. The van der Waals surface area contributed by atoms with Crippen LogP contribution in [0.15, 0.2) is 18.2 Å². The van der Waals surface area contributed by atoms with Crippen molar-refractivity contribution in [1.29, 1.82) is 0 Å². The van der Waals surface area contributed by atoms with Gasteiger partial charge in [0.15, 0.2) is 0 Å². The summed E-state index contributed by atoms with van der Waals surface area (Å²) >= 11 is 11.9. The average Bonchev–Trinajstić information content (AvgIpc) is 2.20. The Morgan fingerprint density at radius 3 is 2.75 bits per heavy atom. The van der Waals surface area contributed by atoms with Gasteiger partial charge in [-0.15, -0.1) is 0 Å². The topological polar surface area (TPSA) is 32.3 Å². The highest BCUT2D eigenvalue weighted by atomic mass is 35.5. The summed E-state index contributed by atoms with van der Waals surface area (Å²) in [6, 6.07) is 5.63. The molecule has 0 radical (unpaired) electrons. The van der Waals surface area contributed by atoms with Gasteiger partial charge in [-0.3, -0.25) is 0 Å². The predicted octanol–water partition coefficient (Wildman–Crippen LogP) is 3.00. The Morgan fingerprint density at radius 1 is 1.50 bits per heavy atom. The van der Waals surface area contributed by atoms with E-state index >= 15 is 0 Å². The Hall–Kier alpha value is -0.280. The van der Waals surface area contributed by atoms with Gasteiger partial charge in [0.1, 0.15) is 0 Å². The van der Waals surface area contributed by atoms with E-state index in [2.05, 4.69) is 5.32 Å². The van der Waals surface area contributed by atoms with Gasteiger partial charge in [0.2, 0.25) is 0 Å². The Balaban J connectivity index is 1.95. The van der Waals surface area contributed by atoms with Crippen LogP contribution in [0, 0.1) is 0 Å². The number of hydrogen-bond acceptors (Lipinski definition) is 2. The second-order valence-electron chi connectivity index (χ2n) is 4.57. The fourth-order valence-corrected chi connectivity index (χ4v) is 2.40. The van der Waals surface area contributed by atoms with Crippen LogP contribution in [0.1, 0.15) is 25.3 Å². The van der Waals surface area contributed by atoms with Gasteiger partial charge in [-0.2, -0.15) is 0 Å². The van der Waals surface area contributed by atoms with E-state index in [-0.39, 0.29) is 6.04 Å². The quantitative estimate of drug-likeness (QED) is 0.875. The molecule has 1 aliphatic rings. The molecular formula is C12H15Cl2NO. The van der Waals surface area contributed by atoms with E-state index in [0.717, 1.165) is 18.4 Å². The average molecular weight is 260 g/mol. The molecule has 16 heavy (non-hydrogen) atoms. The van der Waals surface area contributed by atoms with Gasteiger partial charge in [-0.05, 0) is 37.5 Å². The van der Waals surface area contributed by atoms with E-state index in [1.807, 2.05) is 19.1 Å². The number of nitrogens with one attached hydrogen (secondary N) is 1. The van der Waals surface area contributed by atoms with E-state index < -0.39 is 5.60 Å². The van der Waals surface area contributed by atoms with Crippen molar-refractivity contribution in [2.24, 2.45) is 0 Å². The molecule has 0 bridgehead atoms. The van der Waals surface area contributed by atoms with E-state index in [0.29, 0.717) is 16.6 Å². The Kier molecular flexibility index (Phi) is 3.45. The summed E-state index contributed by atoms with van der Waals surface area (Å²) in [5.41, 5.74) is 0.438. The smallest absolute Gasteiger partial charge is 0.0772 e. The van der Waals surface area contributed by atoms with Gasteiger partial charge < -0.3 is 10.4 Å². The third-order valence-electron chi connectivity index (χ3n) is 3.24. The summed E-state index contributed by atoms with van der Waals surface area (Å²) in [7, 11) is 0. The zero-order valence-corrected chi connectivity index (χ0v) is 10.6. The van der Waals surface area contributed by atoms with Gasteiger partial charge in [0.25, 0.3) is 0 Å². The van der Waals surface area contributed by atoms with Crippen molar-refractivity contribution in [2.75, 3.05) is 0 Å². The van der Waals surface area contributed by atoms with Gasteiger partial charge in [-0.25, -0.2) is 0 Å². The van der Waals surface area contributed by atoms with Crippen LogP contribution in [-0.4, -0.2) is 16.7 Å². The maximum Gasteiger partial charge on any atom is 0.0772 e. The van der Waals surface area contributed by atoms with Crippen molar-refractivity contribution >= 4 is 23.2 Å². The minimum absolute atomic E-state index is 0.166. The standard InChI is InChI=1S/C12H15Cl2NO/c1-12(16)5-4-11(12)15-7-8-2-3-9(13)6-10(8)14/h2-3,6,11,15-16H,4-5,7H2,1H3/t11-,12-/m0/s1. The maximum absolute atomic E-state index is 9.85. The fourth-order valence-electron chi connectivity index (χ4n) is 1.93. The Morgan fingerprint density at radius 2 is 2.25 bits per heavy atom. The molecule has 0 amide bonds. The lowest BCUT2D eigenvalue weighted by Crippen LogP contribution is -2.56. The minimum atomic E-state index is -0.571. The third kappa shape index (κ3) is 2.51. The molecule has 2 N–H and O–H groups in total. The largest absolute Gasteiger partial charge is 0.389 e. The summed E-state index contributed by atoms with van der Waals surface area (Å²) in [6.07, 6.45) is 1.87. The summed E-state index contributed by atoms with van der Waals surface area (Å²) in [5.74, 6) is 0. The molecule has 0 saturated heterocycles. The molecule has 1 aliphatic carbocycles. The molecule has 2 atom stereocenters. The molecule has 0 aliphatic heterocycles. The van der Waals surface area contributed by atoms with Crippen LogP contribution in [0.25, 0.3) is 0 Å². The van der Waals surface area contributed by atoms with Crippen molar-refractivity contribution in [3.05, 3.63) is 33.8 Å². The number of halogens is 2. The SMILES string of the molecule is C[C@]1(O)CC[C@@H]1NCc1ccc(Cl)cc1Cl. The van der Waals surface area contributed by atoms with Gasteiger partial charge in [0, 0.05) is 22.6 Å². The summed E-state index contributed by atoms with van der Waals surface area (Å²) in [4.78, 5) is 0. The lowest BCUT2D eigenvalue weighted by Gasteiger charge is -2.43. The highest BCUT2D eigenvalue weighted by Crippen LogP contribution is 2.32. The second kappa shape index (κ2) is 4.53. The highest BCUT2D eigenvalue weighted by molar-refractivity contribution is 6.35. The zero-order valence-electron chi connectivity index (χ0n) is 9.13. The van der Waals surface area contributed by atoms with Crippen molar-refractivity contribution < 1.29 is 5.11 Å². The first-order valence-electron chi connectivity index (χ1n) is 5.39. The van der Waals surface area contributed by atoms with Crippen molar-refractivity contribution in [3.63, 3.8) is 0 Å². The molecule has 1 aromatic rings. The molecule has 2 rings (SSSR count). The number of aliphatic hydroxyl groups is 1. The fraction of sp³-hybridized carbons (Fsp3) is 0.500. The van der Waals surface area contributed by atoms with Crippen LogP contribution in [0.3, 0.4) is 0 Å². The molecule has 1 saturated carbocycles. The first kappa shape index (κ1) is 12.2. The molecule has 0 aromatic heterocycles. The molecule has 4 heteroatoms. The minimum Gasteiger partial charge on any atom is -0.389 e. The van der Waals surface area contributed by atoms with Crippen LogP contribution in [-0.2, 0) is 6.54 Å².